The van der Waals surface area contributed by atoms with E-state index in [0.29, 0.717) is 21.3 Å². The molecule has 0 radical (unpaired) electrons. The molecule has 2 atom stereocenters. The quantitative estimate of drug-likeness (QED) is 0.331. The summed E-state index contributed by atoms with van der Waals surface area (Å²) in [6.45, 7) is 0. The number of carbonyl (C=O) groups excluding carboxylic acids is 2. The van der Waals surface area contributed by atoms with Crippen molar-refractivity contribution < 1.29 is 9.59 Å². The molecule has 1 aromatic heterocycles. The van der Waals surface area contributed by atoms with Crippen LogP contribution >= 0.6 is 69.6 Å². The van der Waals surface area contributed by atoms with E-state index < -0.39 is 28.0 Å². The van der Waals surface area contributed by atoms with Crippen LogP contribution in [0.25, 0.3) is 0 Å². The number of hydrogen-bond acceptors (Lipinski definition) is 4. The number of carbonyl (C=O) groups is 2. The Morgan fingerprint density at radius 3 is 2.18 bits per heavy atom. The zero-order chi connectivity index (χ0) is 23.9. The summed E-state index contributed by atoms with van der Waals surface area (Å²) in [4.78, 5) is 25.6. The van der Waals surface area contributed by atoms with E-state index in [4.69, 9.17) is 69.6 Å². The lowest BCUT2D eigenvalue weighted by Crippen LogP contribution is -2.18. The number of anilines is 2. The summed E-state index contributed by atoms with van der Waals surface area (Å²) in [6, 6.07) is 12.3. The summed E-state index contributed by atoms with van der Waals surface area (Å²) in [6.07, 6.45) is 0. The van der Waals surface area contributed by atoms with Crippen LogP contribution in [-0.2, 0) is 4.79 Å². The lowest BCUT2D eigenvalue weighted by atomic mass is 10.1. The summed E-state index contributed by atoms with van der Waals surface area (Å²) < 4.78 is -1.34. The molecule has 0 saturated heterocycles. The van der Waals surface area contributed by atoms with Gasteiger partial charge in [0, 0.05) is 21.7 Å². The molecule has 0 aliphatic heterocycles. The van der Waals surface area contributed by atoms with Gasteiger partial charge in [-0.2, -0.15) is 0 Å². The highest BCUT2D eigenvalue weighted by atomic mass is 35.5. The van der Waals surface area contributed by atoms with Crippen LogP contribution in [-0.4, -0.2) is 26.3 Å². The van der Waals surface area contributed by atoms with Crippen LogP contribution in [0.15, 0.2) is 48.5 Å². The minimum Gasteiger partial charge on any atom is -0.326 e. The van der Waals surface area contributed by atoms with Crippen LogP contribution < -0.4 is 10.6 Å². The molecule has 2 aromatic carbocycles. The van der Waals surface area contributed by atoms with Crippen LogP contribution in [0.4, 0.5) is 11.5 Å². The first-order valence-electron chi connectivity index (χ1n) is 9.31. The Balaban J connectivity index is 1.50. The average Bonchev–Trinajstić information content (AvgIpc) is 3.32. The summed E-state index contributed by atoms with van der Waals surface area (Å²) >= 11 is 36.8. The van der Waals surface area contributed by atoms with Crippen molar-refractivity contribution in [3.63, 3.8) is 0 Å². The predicted octanol–water partition coefficient (Wildman–Crippen LogP) is 6.87. The number of amides is 2. The van der Waals surface area contributed by atoms with Crippen molar-refractivity contribution in [2.24, 2.45) is 5.92 Å². The van der Waals surface area contributed by atoms with E-state index in [0.717, 1.165) is 0 Å². The molecule has 6 nitrogen and oxygen atoms in total. The molecule has 0 bridgehead atoms. The molecule has 1 aliphatic carbocycles. The van der Waals surface area contributed by atoms with Crippen molar-refractivity contribution in [2.75, 3.05) is 10.6 Å². The molecule has 2 N–H and O–H groups in total. The minimum atomic E-state index is -1.34. The second-order valence-corrected chi connectivity index (χ2v) is 10.3. The number of hydrogen-bond donors (Lipinski definition) is 2. The molecule has 4 rings (SSSR count). The second kappa shape index (κ2) is 9.45. The van der Waals surface area contributed by atoms with E-state index in [1.54, 1.807) is 24.3 Å². The Labute approximate surface area is 218 Å². The summed E-state index contributed by atoms with van der Waals surface area (Å²) in [5.41, 5.74) is 1.09. The van der Waals surface area contributed by atoms with E-state index in [9.17, 15) is 9.59 Å². The molecule has 1 fully saturated rings. The summed E-state index contributed by atoms with van der Waals surface area (Å²) in [5.74, 6) is -2.05. The first kappa shape index (κ1) is 24.3. The van der Waals surface area contributed by atoms with E-state index in [1.165, 1.54) is 24.3 Å². The fraction of sp³-hybridized carbons (Fsp3) is 0.143. The van der Waals surface area contributed by atoms with Gasteiger partial charge in [-0.1, -0.05) is 46.4 Å². The van der Waals surface area contributed by atoms with Crippen LogP contribution in [0.2, 0.25) is 20.2 Å². The molecule has 0 spiro atoms. The normalized spacial score (nSPS) is 18.5. The molecular weight excluding hydrogens is 553 g/mol. The van der Waals surface area contributed by atoms with Crippen molar-refractivity contribution in [1.29, 1.82) is 0 Å². The van der Waals surface area contributed by atoms with Crippen molar-refractivity contribution in [3.05, 3.63) is 79.9 Å². The van der Waals surface area contributed by atoms with Gasteiger partial charge in [0.25, 0.3) is 5.91 Å². The van der Waals surface area contributed by atoms with Crippen LogP contribution in [0.5, 0.6) is 0 Å². The third-order valence-electron chi connectivity index (χ3n) is 4.93. The van der Waals surface area contributed by atoms with Gasteiger partial charge in [0.2, 0.25) is 5.91 Å². The highest BCUT2D eigenvalue weighted by Gasteiger charge is 2.67. The molecular formula is C21H12Cl6N4O2. The molecule has 1 aliphatic rings. The Bertz CT molecular complexity index is 1230. The Kier molecular flexibility index (Phi) is 6.97. The van der Waals surface area contributed by atoms with Gasteiger partial charge in [-0.3, -0.25) is 9.59 Å². The molecule has 0 unspecified atom stereocenters. The highest BCUT2D eigenvalue weighted by molar-refractivity contribution is 6.53. The number of halogens is 6. The number of nitrogens with zero attached hydrogens (tertiary/aromatic N) is 2. The maximum absolute atomic E-state index is 12.9. The Hall–Kier alpha value is -1.80. The maximum Gasteiger partial charge on any atom is 0.258 e. The third kappa shape index (κ3) is 5.32. The van der Waals surface area contributed by atoms with E-state index >= 15 is 0 Å². The predicted molar refractivity (Wildman–Crippen MR) is 132 cm³/mol. The minimum absolute atomic E-state index is 0.114. The molecule has 3 aromatic rings. The standard InChI is InChI=1S/C21H12Cl6N4O2/c22-10-5-9(6-11(23)7-10)17-18(21(17,26)27)20(33)28-12-1-2-14(24)13(8-12)19(32)29-16-4-3-15(25)30-31-16/h1-8,17-18H,(H,28,33)(H,29,31,32)/t17-,18+/m0/s1. The van der Waals surface area contributed by atoms with Gasteiger partial charge < -0.3 is 10.6 Å². The Morgan fingerprint density at radius 2 is 1.55 bits per heavy atom. The van der Waals surface area contributed by atoms with Crippen molar-refractivity contribution in [3.8, 4) is 0 Å². The van der Waals surface area contributed by atoms with Crippen molar-refractivity contribution >= 4 is 92.9 Å². The summed E-state index contributed by atoms with van der Waals surface area (Å²) in [5, 5.41) is 13.9. The van der Waals surface area contributed by atoms with Crippen LogP contribution in [0.3, 0.4) is 0 Å². The number of aromatic nitrogens is 2. The van der Waals surface area contributed by atoms with Gasteiger partial charge in [0.05, 0.1) is 16.5 Å². The number of nitrogens with one attached hydrogen (secondary N) is 2. The third-order valence-corrected chi connectivity index (χ3v) is 6.84. The Morgan fingerprint density at radius 1 is 0.848 bits per heavy atom. The van der Waals surface area contributed by atoms with Gasteiger partial charge in [-0.15, -0.1) is 33.4 Å². The smallest absolute Gasteiger partial charge is 0.258 e. The van der Waals surface area contributed by atoms with Gasteiger partial charge >= 0.3 is 0 Å². The highest BCUT2D eigenvalue weighted by Crippen LogP contribution is 2.65. The van der Waals surface area contributed by atoms with Gasteiger partial charge in [0.15, 0.2) is 11.0 Å². The van der Waals surface area contributed by atoms with E-state index in [-0.39, 0.29) is 21.6 Å². The van der Waals surface area contributed by atoms with Crippen molar-refractivity contribution in [2.45, 2.75) is 10.3 Å². The SMILES string of the molecule is O=C(Nc1ccc(Cl)nn1)c1cc(NC(=O)[C@H]2[C@H](c3cc(Cl)cc(Cl)c3)C2(Cl)Cl)ccc1Cl. The fourth-order valence-corrected chi connectivity index (χ4v) is 5.06. The largest absolute Gasteiger partial charge is 0.326 e. The lowest BCUT2D eigenvalue weighted by Gasteiger charge is -2.10. The monoisotopic (exact) mass is 562 g/mol. The average molecular weight is 565 g/mol. The van der Waals surface area contributed by atoms with Crippen LogP contribution in [0.1, 0.15) is 21.8 Å². The zero-order valence-corrected chi connectivity index (χ0v) is 20.8. The molecule has 170 valence electrons. The molecule has 1 heterocycles. The number of benzene rings is 2. The number of alkyl halides is 2. The van der Waals surface area contributed by atoms with Gasteiger partial charge in [-0.25, -0.2) is 0 Å². The lowest BCUT2D eigenvalue weighted by molar-refractivity contribution is -0.117. The maximum atomic E-state index is 12.9. The first-order valence-corrected chi connectivity index (χ1v) is 11.6. The van der Waals surface area contributed by atoms with Gasteiger partial charge in [0.1, 0.15) is 4.33 Å². The topological polar surface area (TPSA) is 84.0 Å². The fourth-order valence-electron chi connectivity index (χ4n) is 3.39. The molecule has 12 heteroatoms. The first-order chi connectivity index (χ1) is 15.6. The second-order valence-electron chi connectivity index (χ2n) is 7.21. The van der Waals surface area contributed by atoms with Crippen LogP contribution in [0, 0.1) is 5.92 Å². The van der Waals surface area contributed by atoms with Crippen molar-refractivity contribution in [1.82, 2.24) is 10.2 Å². The molecule has 1 saturated carbocycles. The summed E-state index contributed by atoms with van der Waals surface area (Å²) in [7, 11) is 0. The van der Waals surface area contributed by atoms with E-state index in [2.05, 4.69) is 20.8 Å². The van der Waals surface area contributed by atoms with Gasteiger partial charge in [-0.05, 0) is 54.1 Å². The zero-order valence-electron chi connectivity index (χ0n) is 16.3. The number of rotatable bonds is 5. The van der Waals surface area contributed by atoms with E-state index in [1.807, 2.05) is 0 Å². The molecule has 33 heavy (non-hydrogen) atoms. The molecule has 2 amide bonds.